The van der Waals surface area contributed by atoms with E-state index in [1.54, 1.807) is 0 Å². The fraction of sp³-hybridized carbons (Fsp3) is 0.556. The summed E-state index contributed by atoms with van der Waals surface area (Å²) in [5.74, 6) is -6.83. The molecule has 0 fully saturated rings. The molecule has 0 radical (unpaired) electrons. The van der Waals surface area contributed by atoms with E-state index in [-0.39, 0.29) is 18.3 Å². The lowest BCUT2D eigenvalue weighted by molar-refractivity contribution is -0.140. The van der Waals surface area contributed by atoms with Gasteiger partial charge in [-0.05, 0) is 49.8 Å². The van der Waals surface area contributed by atoms with Crippen LogP contribution in [-0.4, -0.2) is 144 Å². The number of H-pyrrole nitrogens is 1. The van der Waals surface area contributed by atoms with Gasteiger partial charge in [0, 0.05) is 30.1 Å². The van der Waals surface area contributed by atoms with E-state index in [4.69, 9.17) is 87.3 Å². The minimum Gasteiger partial charge on any atom is -0.480 e. The van der Waals surface area contributed by atoms with Gasteiger partial charge in [-0.15, -0.1) is 0 Å². The molecule has 1 aromatic heterocycles. The normalized spacial score (nSPS) is 13.3. The van der Waals surface area contributed by atoms with Crippen molar-refractivity contribution in [2.45, 2.75) is 101 Å². The first-order valence-electron chi connectivity index (χ1n) is 18.8. The molecule has 62 heavy (non-hydrogen) atoms. The van der Waals surface area contributed by atoms with Gasteiger partial charge < -0.3 is 98.1 Å². The second-order valence-electron chi connectivity index (χ2n) is 13.1. The van der Waals surface area contributed by atoms with Crippen LogP contribution in [0.3, 0.4) is 0 Å². The van der Waals surface area contributed by atoms with Gasteiger partial charge in [-0.3, -0.25) is 38.6 Å². The number of carboxylic acid groups (broad SMARTS) is 6. The van der Waals surface area contributed by atoms with Crippen molar-refractivity contribution in [3.8, 4) is 0 Å². The Morgan fingerprint density at radius 2 is 1.13 bits per heavy atom. The lowest BCUT2D eigenvalue weighted by atomic mass is 10.0. The number of nitrogens with zero attached hydrogens (tertiary/aromatic N) is 1. The summed E-state index contributed by atoms with van der Waals surface area (Å²) in [5, 5.41) is 58.8. The van der Waals surface area contributed by atoms with Gasteiger partial charge in [-0.2, -0.15) is 0 Å². The standard InChI is InChI=1S/C11H12N2O2.C6H14N4O2.C6H14N2O2.C6H13NO2.C4H8N2O3.C3H7NO3/c12-9(11(14)15)5-7-6-13-10-4-2-1-3-8(7)10;7-4(5(11)12)2-1-3-10-6(8)9;7-4-2-1-3-5(8)6(9)10;1-3-4(2)5(7)6(8)9;5-2(4(8)9)1-3(6)7;4-2(1-5)3(6)7/h1-4,6,9,13H,5,12H2,(H,14,15);4H,1-3,7H2,(H,11,12)(H4,8,9,10);5H,1-4,7-8H2,(H,9,10);4-5H,3,7H2,1-2H3,(H,8,9);2H,1,5H2,(H2,6,7)(H,8,9);2,5H,1,4H2,(H,6,7). The van der Waals surface area contributed by atoms with Crippen LogP contribution >= 0.6 is 0 Å². The van der Waals surface area contributed by atoms with Crippen molar-refractivity contribution in [3.63, 3.8) is 0 Å². The first-order valence-corrected chi connectivity index (χ1v) is 18.8. The molecule has 0 aliphatic heterocycles. The summed E-state index contributed by atoms with van der Waals surface area (Å²) in [4.78, 5) is 77.5. The van der Waals surface area contributed by atoms with Crippen LogP contribution in [0.25, 0.3) is 10.9 Å². The minimum absolute atomic E-state index is 0.0129. The number of aliphatic hydroxyl groups excluding tert-OH is 1. The number of aromatic amines is 1. The van der Waals surface area contributed by atoms with Gasteiger partial charge in [0.05, 0.1) is 13.0 Å². The fourth-order valence-electron chi connectivity index (χ4n) is 3.78. The lowest BCUT2D eigenvalue weighted by Crippen LogP contribution is -2.36. The minimum atomic E-state index is -1.21. The summed E-state index contributed by atoms with van der Waals surface area (Å²) in [7, 11) is 0. The molecule has 2 rings (SSSR count). The van der Waals surface area contributed by atoms with Gasteiger partial charge in [0.1, 0.15) is 36.3 Å². The van der Waals surface area contributed by atoms with E-state index < -0.39 is 84.6 Å². The number of benzene rings is 1. The lowest BCUT2D eigenvalue weighted by Gasteiger charge is -2.11. The van der Waals surface area contributed by atoms with E-state index >= 15 is 0 Å². The van der Waals surface area contributed by atoms with Crippen LogP contribution in [0, 0.1) is 5.92 Å². The van der Waals surface area contributed by atoms with Crippen molar-refractivity contribution in [1.29, 1.82) is 0 Å². The van der Waals surface area contributed by atoms with Gasteiger partial charge in [-0.1, -0.05) is 44.9 Å². The van der Waals surface area contributed by atoms with Crippen LogP contribution in [0.15, 0.2) is 35.5 Å². The molecule has 0 saturated heterocycles. The number of carbonyl (C=O) groups excluding carboxylic acids is 1. The van der Waals surface area contributed by atoms with Crippen LogP contribution in [0.2, 0.25) is 0 Å². The number of carboxylic acids is 6. The van der Waals surface area contributed by atoms with Gasteiger partial charge in [-0.25, -0.2) is 0 Å². The van der Waals surface area contributed by atoms with Crippen molar-refractivity contribution < 1.29 is 69.3 Å². The van der Waals surface area contributed by atoms with Crippen molar-refractivity contribution in [2.24, 2.45) is 68.2 Å². The van der Waals surface area contributed by atoms with Gasteiger partial charge >= 0.3 is 35.8 Å². The van der Waals surface area contributed by atoms with Crippen LogP contribution in [0.5, 0.6) is 0 Å². The van der Waals surface area contributed by atoms with Gasteiger partial charge in [0.15, 0.2) is 5.96 Å². The molecule has 0 aliphatic rings. The number of fused-ring (bicyclic) bond motifs is 1. The number of guanidine groups is 1. The maximum atomic E-state index is 10.6. The van der Waals surface area contributed by atoms with Crippen molar-refractivity contribution in [3.05, 3.63) is 36.0 Å². The van der Waals surface area contributed by atoms with Gasteiger partial charge in [0.25, 0.3) is 0 Å². The topological polar surface area (TPSA) is 549 Å². The predicted octanol–water partition coefficient (Wildman–Crippen LogP) is -3.79. The average molecular weight is 893 g/mol. The number of carbonyl (C=O) groups is 7. The van der Waals surface area contributed by atoms with E-state index in [2.05, 4.69) is 15.7 Å². The number of aliphatic hydroxyl groups is 1. The summed E-state index contributed by atoms with van der Waals surface area (Å²) < 4.78 is 0. The van der Waals surface area contributed by atoms with Crippen molar-refractivity contribution >= 4 is 58.6 Å². The molecule has 1 aromatic carbocycles. The molecule has 0 bridgehead atoms. The Labute approximate surface area is 358 Å². The number of aliphatic carboxylic acids is 6. The number of amides is 1. The summed E-state index contributed by atoms with van der Waals surface area (Å²) in [5.41, 5.74) is 52.8. The number of aromatic nitrogens is 1. The number of aliphatic imine (C=N–C) groups is 1. The third kappa shape index (κ3) is 34.8. The first kappa shape index (κ1) is 62.6. The molecular formula is C36H68N12O14. The van der Waals surface area contributed by atoms with Crippen LogP contribution in [0.1, 0.15) is 64.4 Å². The van der Waals surface area contributed by atoms with E-state index in [1.807, 2.05) is 44.3 Å². The first-order chi connectivity index (χ1) is 28.7. The van der Waals surface area contributed by atoms with Gasteiger partial charge in [0.2, 0.25) is 5.91 Å². The summed E-state index contributed by atoms with van der Waals surface area (Å²) in [6.45, 7) is 4.28. The number of hydrogen-bond donors (Lipinski definition) is 18. The second-order valence-corrected chi connectivity index (χ2v) is 13.1. The molecule has 0 saturated carbocycles. The maximum Gasteiger partial charge on any atom is 0.322 e. The number of rotatable bonds is 21. The Kier molecular flexibility index (Phi) is 37.2. The van der Waals surface area contributed by atoms with Crippen LogP contribution in [0.4, 0.5) is 0 Å². The third-order valence-electron chi connectivity index (χ3n) is 7.80. The number of hydrogen-bond acceptors (Lipinski definition) is 16. The van der Waals surface area contributed by atoms with Crippen LogP contribution < -0.4 is 57.3 Å². The molecule has 2 aromatic rings. The van der Waals surface area contributed by atoms with E-state index in [0.717, 1.165) is 35.7 Å². The maximum absolute atomic E-state index is 10.6. The average Bonchev–Trinajstić information content (AvgIpc) is 3.61. The summed E-state index contributed by atoms with van der Waals surface area (Å²) in [6, 6.07) is 2.39. The molecule has 28 N–H and O–H groups in total. The molecule has 0 spiro atoms. The number of para-hydroxylation sites is 1. The van der Waals surface area contributed by atoms with Crippen molar-refractivity contribution in [2.75, 3.05) is 19.7 Å². The Morgan fingerprint density at radius 3 is 1.47 bits per heavy atom. The number of unbranched alkanes of at least 4 members (excludes halogenated alkanes) is 1. The fourth-order valence-corrected chi connectivity index (χ4v) is 3.78. The highest BCUT2D eigenvalue weighted by atomic mass is 16.4. The SMILES string of the molecule is CCC(C)C(N)C(=O)O.NC(=O)CC(N)C(=O)O.NC(CO)C(=O)O.NC(Cc1c[nH]c2ccccc12)C(=O)O.NC(N)=NCCCC(N)C(=O)O.NCCCCC(N)C(=O)O. The quantitative estimate of drug-likeness (QED) is 0.0325. The third-order valence-corrected chi connectivity index (χ3v) is 7.80. The molecule has 26 nitrogen and oxygen atoms in total. The number of nitrogens with one attached hydrogen (secondary N) is 1. The summed E-state index contributed by atoms with van der Waals surface area (Å²) in [6.07, 6.45) is 5.78. The molecule has 1 amide bonds. The van der Waals surface area contributed by atoms with Crippen LogP contribution in [-0.2, 0) is 40.0 Å². The Hall–Kier alpha value is -6.00. The monoisotopic (exact) mass is 892 g/mol. The molecule has 356 valence electrons. The molecule has 26 heteroatoms. The second kappa shape index (κ2) is 36.8. The molecule has 0 aliphatic carbocycles. The highest BCUT2D eigenvalue weighted by Crippen LogP contribution is 2.18. The molecule has 7 atom stereocenters. The zero-order chi connectivity index (χ0) is 49.1. The number of primary amides is 1. The van der Waals surface area contributed by atoms with E-state index in [0.29, 0.717) is 38.8 Å². The zero-order valence-corrected chi connectivity index (χ0v) is 34.9. The smallest absolute Gasteiger partial charge is 0.322 e. The Morgan fingerprint density at radius 1 is 0.661 bits per heavy atom. The highest BCUT2D eigenvalue weighted by molar-refractivity contribution is 5.84. The largest absolute Gasteiger partial charge is 0.480 e. The molecule has 1 heterocycles. The molecule has 7 unspecified atom stereocenters. The Balaban J connectivity index is -0.000000332. The molecular weight excluding hydrogens is 824 g/mol. The zero-order valence-electron chi connectivity index (χ0n) is 34.9. The summed E-state index contributed by atoms with van der Waals surface area (Å²) >= 11 is 0. The van der Waals surface area contributed by atoms with Crippen molar-refractivity contribution in [1.82, 2.24) is 4.98 Å². The number of nitrogens with two attached hydrogens (primary N) is 10. The highest BCUT2D eigenvalue weighted by Gasteiger charge is 2.18. The predicted molar refractivity (Wildman–Crippen MR) is 229 cm³/mol. The van der Waals surface area contributed by atoms with E-state index in [1.165, 1.54) is 0 Å². The Bertz CT molecular complexity index is 1640. The van der Waals surface area contributed by atoms with E-state index in [9.17, 15) is 33.6 Å².